The predicted molar refractivity (Wildman–Crippen MR) is 136 cm³/mol. The van der Waals surface area contributed by atoms with Crippen LogP contribution in [-0.2, 0) is 4.79 Å². The molecule has 1 N–H and O–H groups in total. The molecule has 35 heavy (non-hydrogen) atoms. The third kappa shape index (κ3) is 7.17. The van der Waals surface area contributed by atoms with E-state index in [1.165, 1.54) is 13.3 Å². The van der Waals surface area contributed by atoms with Crippen LogP contribution in [0.3, 0.4) is 0 Å². The highest BCUT2D eigenvalue weighted by Gasteiger charge is 2.13. The van der Waals surface area contributed by atoms with Crippen LogP contribution in [0.4, 0.5) is 0 Å². The number of carbonyl (C=O) groups is 2. The van der Waals surface area contributed by atoms with Gasteiger partial charge in [-0.05, 0) is 72.9 Å². The minimum Gasteiger partial charge on any atom is -0.493 e. The number of hydrogen-bond acceptors (Lipinski definition) is 6. The second kappa shape index (κ2) is 11.8. The van der Waals surface area contributed by atoms with E-state index in [0.717, 1.165) is 16.7 Å². The van der Waals surface area contributed by atoms with E-state index in [4.69, 9.17) is 14.2 Å². The minimum atomic E-state index is -0.480. The topological polar surface area (TPSA) is 86.2 Å². The van der Waals surface area contributed by atoms with Gasteiger partial charge in [0.25, 0.3) is 5.91 Å². The van der Waals surface area contributed by atoms with Gasteiger partial charge in [-0.15, -0.1) is 0 Å². The van der Waals surface area contributed by atoms with E-state index in [1.807, 2.05) is 38.1 Å². The summed E-state index contributed by atoms with van der Waals surface area (Å²) in [5, 5.41) is 3.98. The monoisotopic (exact) mass is 474 g/mol. The summed E-state index contributed by atoms with van der Waals surface area (Å²) in [6.07, 6.45) is 1.47. The molecule has 0 spiro atoms. The van der Waals surface area contributed by atoms with Crippen molar-refractivity contribution in [2.75, 3.05) is 13.7 Å². The van der Waals surface area contributed by atoms with Gasteiger partial charge in [0, 0.05) is 0 Å². The third-order valence-electron chi connectivity index (χ3n) is 5.32. The molecule has 0 aliphatic heterocycles. The number of methoxy groups -OCH3 is 1. The molecule has 0 fully saturated rings. The molecule has 0 radical (unpaired) electrons. The van der Waals surface area contributed by atoms with Gasteiger partial charge >= 0.3 is 5.97 Å². The molecule has 0 saturated heterocycles. The number of benzene rings is 3. The van der Waals surface area contributed by atoms with E-state index >= 15 is 0 Å². The third-order valence-corrected chi connectivity index (χ3v) is 5.32. The molecule has 0 aliphatic rings. The van der Waals surface area contributed by atoms with Gasteiger partial charge in [0.05, 0.1) is 18.9 Å². The predicted octanol–water partition coefficient (Wildman–Crippen LogP) is 5.18. The number of ether oxygens (including phenoxy) is 3. The number of hydrazone groups is 1. The molecular weight excluding hydrogens is 444 g/mol. The van der Waals surface area contributed by atoms with Crippen molar-refractivity contribution in [1.29, 1.82) is 0 Å². The Bertz CT molecular complexity index is 1220. The highest BCUT2D eigenvalue weighted by atomic mass is 16.6. The van der Waals surface area contributed by atoms with Crippen LogP contribution >= 0.6 is 0 Å². The van der Waals surface area contributed by atoms with Gasteiger partial charge in [-0.1, -0.05) is 43.7 Å². The van der Waals surface area contributed by atoms with Gasteiger partial charge in [0.2, 0.25) is 0 Å². The van der Waals surface area contributed by atoms with Crippen LogP contribution in [-0.4, -0.2) is 31.8 Å². The number of aryl methyl sites for hydroxylation is 2. The fourth-order valence-corrected chi connectivity index (χ4v) is 3.18. The van der Waals surface area contributed by atoms with E-state index < -0.39 is 5.97 Å². The molecule has 0 aromatic heterocycles. The summed E-state index contributed by atoms with van der Waals surface area (Å²) in [7, 11) is 1.48. The van der Waals surface area contributed by atoms with Crippen LogP contribution in [0.15, 0.2) is 65.8 Å². The second-order valence-electron chi connectivity index (χ2n) is 8.43. The van der Waals surface area contributed by atoms with Crippen LogP contribution in [0.5, 0.6) is 17.2 Å². The first-order valence-electron chi connectivity index (χ1n) is 11.3. The van der Waals surface area contributed by atoms with Gasteiger partial charge in [0.1, 0.15) is 5.75 Å². The number of amides is 1. The van der Waals surface area contributed by atoms with Crippen molar-refractivity contribution in [2.24, 2.45) is 5.10 Å². The van der Waals surface area contributed by atoms with Crippen molar-refractivity contribution in [3.63, 3.8) is 0 Å². The molecule has 3 rings (SSSR count). The molecule has 7 heteroatoms. The Morgan fingerprint density at radius 2 is 1.69 bits per heavy atom. The largest absolute Gasteiger partial charge is 0.493 e. The lowest BCUT2D eigenvalue weighted by Gasteiger charge is -2.12. The average Bonchev–Trinajstić information content (AvgIpc) is 2.84. The number of nitrogens with zero attached hydrogens (tertiary/aromatic N) is 1. The normalized spacial score (nSPS) is 10.9. The van der Waals surface area contributed by atoms with Crippen molar-refractivity contribution >= 4 is 18.1 Å². The standard InChI is InChI=1S/C28H30N2O5/c1-18(2)23-12-8-20(4)25(15-23)34-17-27(31)30-29-16-21-9-13-24(26(14-21)33-5)35-28(32)22-10-6-19(3)7-11-22/h6-16,18H,17H2,1-5H3,(H,30,31). The molecule has 7 nitrogen and oxygen atoms in total. The lowest BCUT2D eigenvalue weighted by atomic mass is 10.0. The Morgan fingerprint density at radius 3 is 2.37 bits per heavy atom. The van der Waals surface area contributed by atoms with Gasteiger partial charge in [-0.2, -0.15) is 5.10 Å². The Kier molecular flexibility index (Phi) is 8.62. The average molecular weight is 475 g/mol. The lowest BCUT2D eigenvalue weighted by Crippen LogP contribution is -2.24. The Morgan fingerprint density at radius 1 is 0.943 bits per heavy atom. The highest BCUT2D eigenvalue weighted by molar-refractivity contribution is 5.91. The minimum absolute atomic E-state index is 0.156. The Balaban J connectivity index is 1.57. The Hall–Kier alpha value is -4.13. The van der Waals surface area contributed by atoms with Gasteiger partial charge in [0.15, 0.2) is 18.1 Å². The maximum atomic E-state index is 12.4. The molecule has 3 aromatic carbocycles. The van der Waals surface area contributed by atoms with Crippen LogP contribution in [0.25, 0.3) is 0 Å². The zero-order valence-corrected chi connectivity index (χ0v) is 20.6. The molecule has 0 atom stereocenters. The molecule has 0 saturated carbocycles. The van der Waals surface area contributed by atoms with Crippen molar-refractivity contribution in [3.05, 3.63) is 88.5 Å². The van der Waals surface area contributed by atoms with Crippen LogP contribution in [0.2, 0.25) is 0 Å². The summed E-state index contributed by atoms with van der Waals surface area (Å²) in [6.45, 7) is 7.93. The first kappa shape index (κ1) is 25.5. The molecular formula is C28H30N2O5. The van der Waals surface area contributed by atoms with Crippen molar-refractivity contribution in [3.8, 4) is 17.2 Å². The molecule has 1 amide bonds. The first-order valence-corrected chi connectivity index (χ1v) is 11.3. The van der Waals surface area contributed by atoms with E-state index in [1.54, 1.807) is 30.3 Å². The Labute approximate surface area is 205 Å². The fraction of sp³-hybridized carbons (Fsp3) is 0.250. The number of nitrogens with one attached hydrogen (secondary N) is 1. The maximum absolute atomic E-state index is 12.4. The molecule has 0 bridgehead atoms. The molecule has 0 aliphatic carbocycles. The number of esters is 1. The van der Waals surface area contributed by atoms with Crippen LogP contribution < -0.4 is 19.6 Å². The summed E-state index contributed by atoms with van der Waals surface area (Å²) in [6, 6.07) is 18.1. The van der Waals surface area contributed by atoms with E-state index in [-0.39, 0.29) is 18.3 Å². The SMILES string of the molecule is COc1cc(C=NNC(=O)COc2cc(C(C)C)ccc2C)ccc1OC(=O)c1ccc(C)cc1. The summed E-state index contributed by atoms with van der Waals surface area (Å²) >= 11 is 0. The number of hydrogen-bond donors (Lipinski definition) is 1. The molecule has 3 aromatic rings. The van der Waals surface area contributed by atoms with Crippen LogP contribution in [0, 0.1) is 13.8 Å². The van der Waals surface area contributed by atoms with Gasteiger partial charge < -0.3 is 14.2 Å². The number of rotatable bonds is 9. The van der Waals surface area contributed by atoms with E-state index in [9.17, 15) is 9.59 Å². The second-order valence-corrected chi connectivity index (χ2v) is 8.43. The van der Waals surface area contributed by atoms with Crippen LogP contribution in [0.1, 0.15) is 52.4 Å². The smallest absolute Gasteiger partial charge is 0.343 e. The highest BCUT2D eigenvalue weighted by Crippen LogP contribution is 2.28. The summed E-state index contributed by atoms with van der Waals surface area (Å²) < 4.78 is 16.5. The lowest BCUT2D eigenvalue weighted by molar-refractivity contribution is -0.123. The zero-order chi connectivity index (χ0) is 25.4. The maximum Gasteiger partial charge on any atom is 0.343 e. The summed E-state index contributed by atoms with van der Waals surface area (Å²) in [5.41, 5.74) is 6.70. The number of carbonyl (C=O) groups excluding carboxylic acids is 2. The zero-order valence-electron chi connectivity index (χ0n) is 20.6. The first-order chi connectivity index (χ1) is 16.8. The van der Waals surface area contributed by atoms with Crippen molar-refractivity contribution in [2.45, 2.75) is 33.6 Å². The van der Waals surface area contributed by atoms with Gasteiger partial charge in [-0.3, -0.25) is 4.79 Å². The molecule has 0 unspecified atom stereocenters. The summed E-state index contributed by atoms with van der Waals surface area (Å²) in [5.74, 6) is 0.829. The van der Waals surface area contributed by atoms with Crippen molar-refractivity contribution < 1.29 is 23.8 Å². The van der Waals surface area contributed by atoms with Gasteiger partial charge in [-0.25, -0.2) is 10.2 Å². The van der Waals surface area contributed by atoms with E-state index in [0.29, 0.717) is 28.5 Å². The fourth-order valence-electron chi connectivity index (χ4n) is 3.18. The molecule has 182 valence electrons. The van der Waals surface area contributed by atoms with Crippen molar-refractivity contribution in [1.82, 2.24) is 5.43 Å². The quantitative estimate of drug-likeness (QED) is 0.200. The molecule has 0 heterocycles. The summed E-state index contributed by atoms with van der Waals surface area (Å²) in [4.78, 5) is 24.6. The van der Waals surface area contributed by atoms with E-state index in [2.05, 4.69) is 30.4 Å².